The molecule has 2 aliphatic rings. The van der Waals surface area contributed by atoms with Gasteiger partial charge in [-0.1, -0.05) is 6.92 Å². The summed E-state index contributed by atoms with van der Waals surface area (Å²) >= 11 is 0. The monoisotopic (exact) mass is 210 g/mol. The van der Waals surface area contributed by atoms with Crippen molar-refractivity contribution in [3.8, 4) is 0 Å². The average molecular weight is 210 g/mol. The molecule has 0 bridgehead atoms. The molecule has 2 heteroatoms. The molecule has 3 unspecified atom stereocenters. The molecule has 2 fully saturated rings. The fourth-order valence-electron chi connectivity index (χ4n) is 3.00. The van der Waals surface area contributed by atoms with Gasteiger partial charge in [-0.2, -0.15) is 0 Å². The molecule has 0 saturated carbocycles. The van der Waals surface area contributed by atoms with Crippen molar-refractivity contribution < 1.29 is 0 Å². The minimum atomic E-state index is 0.829. The van der Waals surface area contributed by atoms with E-state index >= 15 is 0 Å². The van der Waals surface area contributed by atoms with Gasteiger partial charge in [0, 0.05) is 12.6 Å². The van der Waals surface area contributed by atoms with Crippen molar-refractivity contribution in [1.29, 1.82) is 0 Å². The second-order valence-electron chi connectivity index (χ2n) is 5.67. The molecule has 0 amide bonds. The first-order valence-electron chi connectivity index (χ1n) is 6.70. The Kier molecular flexibility index (Phi) is 4.04. The van der Waals surface area contributed by atoms with E-state index in [4.69, 9.17) is 0 Å². The minimum Gasteiger partial charge on any atom is -0.316 e. The molecule has 15 heavy (non-hydrogen) atoms. The highest BCUT2D eigenvalue weighted by Crippen LogP contribution is 2.23. The lowest BCUT2D eigenvalue weighted by Gasteiger charge is -2.37. The molecule has 2 saturated heterocycles. The van der Waals surface area contributed by atoms with Crippen molar-refractivity contribution in [1.82, 2.24) is 10.2 Å². The summed E-state index contributed by atoms with van der Waals surface area (Å²) in [6.45, 7) is 9.97. The van der Waals surface area contributed by atoms with Gasteiger partial charge in [0.25, 0.3) is 0 Å². The number of hydrogen-bond acceptors (Lipinski definition) is 2. The van der Waals surface area contributed by atoms with Crippen LogP contribution in [0.5, 0.6) is 0 Å². The predicted octanol–water partition coefficient (Wildman–Crippen LogP) is 2.11. The summed E-state index contributed by atoms with van der Waals surface area (Å²) in [4.78, 5) is 2.71. The maximum Gasteiger partial charge on any atom is 0.00671 e. The summed E-state index contributed by atoms with van der Waals surface area (Å²) in [5.74, 6) is 1.87. The van der Waals surface area contributed by atoms with Gasteiger partial charge in [0.05, 0.1) is 0 Å². The number of nitrogens with zero attached hydrogens (tertiary/aromatic N) is 1. The van der Waals surface area contributed by atoms with Crippen LogP contribution in [0.25, 0.3) is 0 Å². The van der Waals surface area contributed by atoms with Gasteiger partial charge in [0.2, 0.25) is 0 Å². The van der Waals surface area contributed by atoms with Gasteiger partial charge < -0.3 is 10.2 Å². The Morgan fingerprint density at radius 1 is 1.20 bits per heavy atom. The van der Waals surface area contributed by atoms with Crippen LogP contribution in [0.15, 0.2) is 0 Å². The fourth-order valence-corrected chi connectivity index (χ4v) is 3.00. The van der Waals surface area contributed by atoms with Crippen molar-refractivity contribution in [2.45, 2.75) is 45.6 Å². The van der Waals surface area contributed by atoms with Crippen LogP contribution < -0.4 is 5.32 Å². The fraction of sp³-hybridized carbons (Fsp3) is 1.00. The van der Waals surface area contributed by atoms with E-state index in [1.54, 1.807) is 0 Å². The molecule has 0 radical (unpaired) electrons. The highest BCUT2D eigenvalue weighted by atomic mass is 15.2. The molecule has 0 aliphatic carbocycles. The average Bonchev–Trinajstić information content (AvgIpc) is 2.72. The Labute approximate surface area is 94.4 Å². The third kappa shape index (κ3) is 3.18. The van der Waals surface area contributed by atoms with Crippen molar-refractivity contribution in [3.05, 3.63) is 0 Å². The lowest BCUT2D eigenvalue weighted by atomic mass is 9.94. The summed E-state index contributed by atoms with van der Waals surface area (Å²) in [6.07, 6.45) is 5.65. The van der Waals surface area contributed by atoms with Crippen LogP contribution >= 0.6 is 0 Å². The molecule has 2 aliphatic heterocycles. The Morgan fingerprint density at radius 3 is 2.80 bits per heavy atom. The summed E-state index contributed by atoms with van der Waals surface area (Å²) in [5, 5.41) is 3.46. The third-order valence-electron chi connectivity index (χ3n) is 4.23. The number of piperidine rings is 1. The lowest BCUT2D eigenvalue weighted by molar-refractivity contribution is 0.118. The van der Waals surface area contributed by atoms with Crippen LogP contribution in [-0.4, -0.2) is 37.1 Å². The van der Waals surface area contributed by atoms with Gasteiger partial charge in [-0.15, -0.1) is 0 Å². The molecule has 3 atom stereocenters. The molecule has 0 aromatic carbocycles. The van der Waals surface area contributed by atoms with Crippen molar-refractivity contribution >= 4 is 0 Å². The number of likely N-dealkylation sites (tertiary alicyclic amines) is 1. The zero-order valence-corrected chi connectivity index (χ0v) is 10.3. The zero-order chi connectivity index (χ0) is 10.7. The highest BCUT2D eigenvalue weighted by Gasteiger charge is 2.23. The first kappa shape index (κ1) is 11.4. The standard InChI is InChI=1S/C13H26N2/c1-11-3-4-12(2)15(10-11)8-6-13-5-7-14-9-13/h11-14H,3-10H2,1-2H3. The maximum atomic E-state index is 3.46. The smallest absolute Gasteiger partial charge is 0.00671 e. The molecule has 0 aromatic rings. The Hall–Kier alpha value is -0.0800. The topological polar surface area (TPSA) is 15.3 Å². The highest BCUT2D eigenvalue weighted by molar-refractivity contribution is 4.79. The largest absolute Gasteiger partial charge is 0.316 e. The molecule has 1 N–H and O–H groups in total. The quantitative estimate of drug-likeness (QED) is 0.767. The molecule has 2 nitrogen and oxygen atoms in total. The normalized spacial score (nSPS) is 38.4. The van der Waals surface area contributed by atoms with E-state index in [0.717, 1.165) is 17.9 Å². The second kappa shape index (κ2) is 5.31. The van der Waals surface area contributed by atoms with E-state index < -0.39 is 0 Å². The second-order valence-corrected chi connectivity index (χ2v) is 5.67. The molecule has 0 aromatic heterocycles. The molecular weight excluding hydrogens is 184 g/mol. The van der Waals surface area contributed by atoms with E-state index in [1.807, 2.05) is 0 Å². The van der Waals surface area contributed by atoms with Gasteiger partial charge in [-0.3, -0.25) is 0 Å². The molecule has 0 spiro atoms. The van der Waals surface area contributed by atoms with Crippen LogP contribution in [-0.2, 0) is 0 Å². The molecule has 88 valence electrons. The van der Waals surface area contributed by atoms with Crippen LogP contribution in [0.1, 0.15) is 39.5 Å². The number of hydrogen-bond donors (Lipinski definition) is 1. The first-order valence-corrected chi connectivity index (χ1v) is 6.70. The van der Waals surface area contributed by atoms with Gasteiger partial charge in [0.1, 0.15) is 0 Å². The molecule has 2 rings (SSSR count). The van der Waals surface area contributed by atoms with Crippen molar-refractivity contribution in [2.75, 3.05) is 26.2 Å². The van der Waals surface area contributed by atoms with Gasteiger partial charge in [-0.25, -0.2) is 0 Å². The van der Waals surface area contributed by atoms with Crippen LogP contribution in [0, 0.1) is 11.8 Å². The Morgan fingerprint density at radius 2 is 2.07 bits per heavy atom. The summed E-state index contributed by atoms with van der Waals surface area (Å²) < 4.78 is 0. The number of nitrogens with one attached hydrogen (secondary N) is 1. The summed E-state index contributed by atoms with van der Waals surface area (Å²) in [5.41, 5.74) is 0. The van der Waals surface area contributed by atoms with Crippen LogP contribution in [0.3, 0.4) is 0 Å². The van der Waals surface area contributed by atoms with Crippen LogP contribution in [0.4, 0.5) is 0 Å². The zero-order valence-electron chi connectivity index (χ0n) is 10.3. The maximum absolute atomic E-state index is 3.46. The summed E-state index contributed by atoms with van der Waals surface area (Å²) in [6, 6.07) is 0.829. The Balaban J connectivity index is 1.72. The van der Waals surface area contributed by atoms with E-state index in [9.17, 15) is 0 Å². The van der Waals surface area contributed by atoms with Crippen molar-refractivity contribution in [3.63, 3.8) is 0 Å². The van der Waals surface area contributed by atoms with Gasteiger partial charge in [-0.05, 0) is 64.1 Å². The minimum absolute atomic E-state index is 0.829. The van der Waals surface area contributed by atoms with E-state index in [-0.39, 0.29) is 0 Å². The molecular formula is C13H26N2. The number of rotatable bonds is 3. The lowest BCUT2D eigenvalue weighted by Crippen LogP contribution is -2.42. The van der Waals surface area contributed by atoms with Crippen molar-refractivity contribution in [2.24, 2.45) is 11.8 Å². The predicted molar refractivity (Wildman–Crippen MR) is 65.0 cm³/mol. The van der Waals surface area contributed by atoms with E-state index in [2.05, 4.69) is 24.1 Å². The SMILES string of the molecule is CC1CCC(C)N(CCC2CCNC2)C1. The van der Waals surface area contributed by atoms with Gasteiger partial charge >= 0.3 is 0 Å². The van der Waals surface area contributed by atoms with E-state index in [1.165, 1.54) is 51.9 Å². The van der Waals surface area contributed by atoms with Gasteiger partial charge in [0.15, 0.2) is 0 Å². The third-order valence-corrected chi connectivity index (χ3v) is 4.23. The Bertz CT molecular complexity index is 187. The first-order chi connectivity index (χ1) is 7.25. The molecule has 2 heterocycles. The summed E-state index contributed by atoms with van der Waals surface area (Å²) in [7, 11) is 0. The van der Waals surface area contributed by atoms with E-state index in [0.29, 0.717) is 0 Å². The van der Waals surface area contributed by atoms with Crippen LogP contribution in [0.2, 0.25) is 0 Å².